The van der Waals surface area contributed by atoms with Crippen LogP contribution < -0.4 is 5.32 Å². The topological polar surface area (TPSA) is 91.2 Å². The van der Waals surface area contributed by atoms with E-state index in [0.717, 1.165) is 5.69 Å². The van der Waals surface area contributed by atoms with E-state index in [1.54, 1.807) is 29.4 Å². The predicted molar refractivity (Wildman–Crippen MR) is 108 cm³/mol. The first-order chi connectivity index (χ1) is 14.5. The number of nitrogens with one attached hydrogen (secondary N) is 2. The van der Waals surface area contributed by atoms with E-state index in [4.69, 9.17) is 16.0 Å². The molecule has 1 aliphatic rings. The van der Waals surface area contributed by atoms with Crippen LogP contribution in [0.5, 0.6) is 0 Å². The highest BCUT2D eigenvalue weighted by Gasteiger charge is 2.28. The number of likely N-dealkylation sites (tertiary alicyclic amines) is 1. The molecule has 3 aromatic rings. The molecule has 0 atom stereocenters. The largest absolute Gasteiger partial charge is 0.467 e. The van der Waals surface area contributed by atoms with Crippen molar-refractivity contribution < 1.29 is 18.4 Å². The van der Waals surface area contributed by atoms with Crippen molar-refractivity contribution in [2.75, 3.05) is 13.1 Å². The predicted octanol–water partition coefficient (Wildman–Crippen LogP) is 3.75. The van der Waals surface area contributed by atoms with Crippen LogP contribution in [-0.2, 0) is 6.54 Å². The van der Waals surface area contributed by atoms with Gasteiger partial charge in [0.2, 0.25) is 0 Å². The van der Waals surface area contributed by atoms with Gasteiger partial charge in [0.15, 0.2) is 0 Å². The minimum atomic E-state index is -0.617. The van der Waals surface area contributed by atoms with Gasteiger partial charge in [-0.3, -0.25) is 14.7 Å². The lowest BCUT2D eigenvalue weighted by Gasteiger charge is -2.31. The van der Waals surface area contributed by atoms with Crippen LogP contribution in [0.25, 0.3) is 0 Å². The van der Waals surface area contributed by atoms with E-state index >= 15 is 0 Å². The SMILES string of the molecule is O=C(NCc1ccco1)c1cc(C2CCN(C(=O)c3c(F)cccc3Cl)CC2)[nH]n1. The maximum Gasteiger partial charge on any atom is 0.272 e. The number of piperidine rings is 1. The summed E-state index contributed by atoms with van der Waals surface area (Å²) in [4.78, 5) is 26.5. The minimum absolute atomic E-state index is 0.0883. The molecule has 0 radical (unpaired) electrons. The highest BCUT2D eigenvalue weighted by atomic mass is 35.5. The number of amides is 2. The van der Waals surface area contributed by atoms with E-state index in [-0.39, 0.29) is 29.0 Å². The zero-order valence-corrected chi connectivity index (χ0v) is 16.8. The Labute approximate surface area is 177 Å². The van der Waals surface area contributed by atoms with Gasteiger partial charge in [-0.2, -0.15) is 5.10 Å². The second-order valence-electron chi connectivity index (χ2n) is 7.13. The summed E-state index contributed by atoms with van der Waals surface area (Å²) in [7, 11) is 0. The van der Waals surface area contributed by atoms with E-state index < -0.39 is 11.7 Å². The molecule has 7 nitrogen and oxygen atoms in total. The van der Waals surface area contributed by atoms with Crippen molar-refractivity contribution in [2.24, 2.45) is 0 Å². The molecule has 4 rings (SSSR count). The maximum atomic E-state index is 14.0. The molecule has 0 unspecified atom stereocenters. The fraction of sp³-hybridized carbons (Fsp3) is 0.286. The van der Waals surface area contributed by atoms with E-state index in [2.05, 4.69) is 15.5 Å². The highest BCUT2D eigenvalue weighted by Crippen LogP contribution is 2.29. The first-order valence-corrected chi connectivity index (χ1v) is 10.00. The van der Waals surface area contributed by atoms with Crippen LogP contribution in [0.2, 0.25) is 5.02 Å². The molecule has 156 valence electrons. The number of aromatic nitrogens is 2. The lowest BCUT2D eigenvalue weighted by atomic mass is 9.93. The van der Waals surface area contributed by atoms with Crippen molar-refractivity contribution >= 4 is 23.4 Å². The quantitative estimate of drug-likeness (QED) is 0.645. The number of carbonyl (C=O) groups excluding carboxylic acids is 2. The first kappa shape index (κ1) is 20.2. The number of carbonyl (C=O) groups is 2. The van der Waals surface area contributed by atoms with Gasteiger partial charge in [0.25, 0.3) is 11.8 Å². The number of rotatable bonds is 5. The summed E-state index contributed by atoms with van der Waals surface area (Å²) in [6.45, 7) is 1.22. The molecule has 9 heteroatoms. The van der Waals surface area contributed by atoms with Gasteiger partial charge in [0.1, 0.15) is 17.3 Å². The molecule has 0 aliphatic carbocycles. The zero-order chi connectivity index (χ0) is 21.1. The monoisotopic (exact) mass is 430 g/mol. The Morgan fingerprint density at radius 1 is 1.27 bits per heavy atom. The molecule has 3 heterocycles. The fourth-order valence-electron chi connectivity index (χ4n) is 3.59. The van der Waals surface area contributed by atoms with Crippen LogP contribution >= 0.6 is 11.6 Å². The third-order valence-corrected chi connectivity index (χ3v) is 5.55. The Hall–Kier alpha value is -3.13. The number of furan rings is 1. The van der Waals surface area contributed by atoms with E-state index in [9.17, 15) is 14.0 Å². The van der Waals surface area contributed by atoms with Gasteiger partial charge in [-0.15, -0.1) is 0 Å². The molecular weight excluding hydrogens is 411 g/mol. The summed E-state index contributed by atoms with van der Waals surface area (Å²) >= 11 is 6.01. The Bertz CT molecular complexity index is 1020. The number of hydrogen-bond acceptors (Lipinski definition) is 4. The van der Waals surface area contributed by atoms with Crippen molar-refractivity contribution in [1.82, 2.24) is 20.4 Å². The van der Waals surface area contributed by atoms with Gasteiger partial charge in [0, 0.05) is 24.7 Å². The van der Waals surface area contributed by atoms with Gasteiger partial charge in [0.05, 0.1) is 23.4 Å². The van der Waals surface area contributed by atoms with Gasteiger partial charge in [-0.1, -0.05) is 17.7 Å². The second-order valence-corrected chi connectivity index (χ2v) is 7.54. The summed E-state index contributed by atoms with van der Waals surface area (Å²) in [5.74, 6) is -0.529. The van der Waals surface area contributed by atoms with Crippen LogP contribution in [-0.4, -0.2) is 40.0 Å². The Balaban J connectivity index is 1.34. The lowest BCUT2D eigenvalue weighted by Crippen LogP contribution is -2.38. The molecule has 1 aliphatic heterocycles. The molecule has 1 saturated heterocycles. The second kappa shape index (κ2) is 8.71. The third kappa shape index (κ3) is 4.23. The summed E-state index contributed by atoms with van der Waals surface area (Å²) < 4.78 is 19.2. The van der Waals surface area contributed by atoms with Crippen molar-refractivity contribution in [3.8, 4) is 0 Å². The van der Waals surface area contributed by atoms with Gasteiger partial charge in [-0.25, -0.2) is 4.39 Å². The summed E-state index contributed by atoms with van der Waals surface area (Å²) in [5, 5.41) is 9.89. The Kier molecular flexibility index (Phi) is 5.85. The normalized spacial score (nSPS) is 14.7. The molecule has 2 aromatic heterocycles. The van der Waals surface area contributed by atoms with Crippen molar-refractivity contribution in [2.45, 2.75) is 25.3 Å². The van der Waals surface area contributed by atoms with Gasteiger partial charge < -0.3 is 14.6 Å². The molecular formula is C21H20ClFN4O3. The minimum Gasteiger partial charge on any atom is -0.467 e. The summed E-state index contributed by atoms with van der Waals surface area (Å²) in [5.41, 5.74) is 1.05. The van der Waals surface area contributed by atoms with Crippen LogP contribution in [0.15, 0.2) is 47.1 Å². The average molecular weight is 431 g/mol. The summed E-state index contributed by atoms with van der Waals surface area (Å²) in [6, 6.07) is 9.47. The Morgan fingerprint density at radius 3 is 2.77 bits per heavy atom. The van der Waals surface area contributed by atoms with Gasteiger partial charge in [-0.05, 0) is 43.2 Å². The van der Waals surface area contributed by atoms with Crippen LogP contribution in [0.4, 0.5) is 4.39 Å². The fourth-order valence-corrected chi connectivity index (χ4v) is 3.83. The van der Waals surface area contributed by atoms with Gasteiger partial charge >= 0.3 is 0 Å². The van der Waals surface area contributed by atoms with Crippen molar-refractivity contribution in [1.29, 1.82) is 0 Å². The molecule has 2 N–H and O–H groups in total. The number of halogens is 2. The van der Waals surface area contributed by atoms with Crippen LogP contribution in [0.3, 0.4) is 0 Å². The number of hydrogen-bond donors (Lipinski definition) is 2. The summed E-state index contributed by atoms with van der Waals surface area (Å²) in [6.07, 6.45) is 2.90. The number of benzene rings is 1. The average Bonchev–Trinajstić information content (AvgIpc) is 3.44. The van der Waals surface area contributed by atoms with Crippen molar-refractivity contribution in [3.63, 3.8) is 0 Å². The third-order valence-electron chi connectivity index (χ3n) is 5.23. The standard InChI is InChI=1S/C21H20ClFN4O3/c22-15-4-1-5-16(23)19(15)21(29)27-8-6-13(7-9-27)17-11-18(26-25-17)20(28)24-12-14-3-2-10-30-14/h1-5,10-11,13H,6-9,12H2,(H,24,28)(H,25,26). The molecule has 1 fully saturated rings. The Morgan fingerprint density at radius 2 is 2.07 bits per heavy atom. The smallest absolute Gasteiger partial charge is 0.272 e. The molecule has 0 spiro atoms. The molecule has 2 amide bonds. The van der Waals surface area contributed by atoms with Crippen LogP contribution in [0, 0.1) is 5.82 Å². The zero-order valence-electron chi connectivity index (χ0n) is 16.0. The van der Waals surface area contributed by atoms with Crippen LogP contribution in [0.1, 0.15) is 51.1 Å². The highest BCUT2D eigenvalue weighted by molar-refractivity contribution is 6.33. The van der Waals surface area contributed by atoms with E-state index in [1.165, 1.54) is 18.2 Å². The number of nitrogens with zero attached hydrogens (tertiary/aromatic N) is 2. The van der Waals surface area contributed by atoms with E-state index in [1.807, 2.05) is 0 Å². The van der Waals surface area contributed by atoms with Crippen molar-refractivity contribution in [3.05, 3.63) is 76.2 Å². The maximum absolute atomic E-state index is 14.0. The molecule has 0 saturated carbocycles. The van der Waals surface area contributed by atoms with E-state index in [0.29, 0.717) is 37.4 Å². The number of H-pyrrole nitrogens is 1. The number of aromatic amines is 1. The lowest BCUT2D eigenvalue weighted by molar-refractivity contribution is 0.0707. The molecule has 30 heavy (non-hydrogen) atoms. The molecule has 1 aromatic carbocycles. The first-order valence-electron chi connectivity index (χ1n) is 9.62. The molecule has 0 bridgehead atoms.